The molecule has 1 nitrogen and oxygen atoms in total. The van der Waals surface area contributed by atoms with Crippen molar-refractivity contribution in [3.05, 3.63) is 149 Å². The maximum Gasteiger partial charge on any atom is 0.0468 e. The molecule has 0 aliphatic heterocycles. The second kappa shape index (κ2) is 10.2. The zero-order valence-corrected chi connectivity index (χ0v) is 26.9. The second-order valence-corrected chi connectivity index (χ2v) is 13.0. The van der Waals surface area contributed by atoms with Crippen molar-refractivity contribution < 1.29 is 0 Å². The Balaban J connectivity index is 1.24. The molecular formula is C44H37N. The molecule has 0 heterocycles. The van der Waals surface area contributed by atoms with Gasteiger partial charge in [-0.15, -0.1) is 0 Å². The van der Waals surface area contributed by atoms with Crippen molar-refractivity contribution in [2.24, 2.45) is 0 Å². The third-order valence-electron chi connectivity index (χ3n) is 10.2. The number of rotatable bonds is 4. The molecule has 7 aromatic rings. The summed E-state index contributed by atoms with van der Waals surface area (Å²) >= 11 is 0. The Morgan fingerprint density at radius 2 is 0.778 bits per heavy atom. The largest absolute Gasteiger partial charge is 0.310 e. The standard InChI is InChI=1S/C44H37N/c1-26-16-39(17-27(2)30(26)5)45(40-18-28(3)31(6)29(4)19-40)38-15-14-35-23-42-43-24-36-20-33(32-10-8-7-9-11-32)12-13-34(36)22-41(43)44(42)25-37(35)21-38/h7-25H,1-6H3. The Hall–Kier alpha value is -5.14. The average molecular weight is 580 g/mol. The van der Waals surface area contributed by atoms with Crippen LogP contribution in [0.3, 0.4) is 0 Å². The monoisotopic (exact) mass is 579 g/mol. The topological polar surface area (TPSA) is 3.24 Å². The van der Waals surface area contributed by atoms with E-state index in [0.29, 0.717) is 0 Å². The van der Waals surface area contributed by atoms with Crippen molar-refractivity contribution in [3.8, 4) is 33.4 Å². The SMILES string of the molecule is Cc1cc(N(c2cc(C)c(C)c(C)c2)c2ccc3cc4c(cc3c2)-c2cc3ccc(-c5ccccc5)cc3cc2-4)cc(C)c1C. The van der Waals surface area contributed by atoms with Gasteiger partial charge in [-0.1, -0.05) is 48.5 Å². The Bertz CT molecular complexity index is 2220. The van der Waals surface area contributed by atoms with E-state index in [4.69, 9.17) is 0 Å². The van der Waals surface area contributed by atoms with Gasteiger partial charge in [-0.3, -0.25) is 0 Å². The molecule has 45 heavy (non-hydrogen) atoms. The molecule has 0 bridgehead atoms. The summed E-state index contributed by atoms with van der Waals surface area (Å²) in [5.74, 6) is 0. The average Bonchev–Trinajstić information content (AvgIpc) is 3.04. The van der Waals surface area contributed by atoms with E-state index in [1.165, 1.54) is 105 Å². The highest BCUT2D eigenvalue weighted by Crippen LogP contribution is 2.51. The maximum absolute atomic E-state index is 2.43. The molecule has 1 heteroatoms. The van der Waals surface area contributed by atoms with E-state index >= 15 is 0 Å². The van der Waals surface area contributed by atoms with E-state index in [1.807, 2.05) is 0 Å². The van der Waals surface area contributed by atoms with Crippen molar-refractivity contribution in [3.63, 3.8) is 0 Å². The molecule has 0 fully saturated rings. The molecule has 0 spiro atoms. The summed E-state index contributed by atoms with van der Waals surface area (Å²) in [5.41, 5.74) is 19.5. The van der Waals surface area contributed by atoms with E-state index in [-0.39, 0.29) is 0 Å². The summed E-state index contributed by atoms with van der Waals surface area (Å²) in [6.45, 7) is 13.3. The van der Waals surface area contributed by atoms with Crippen LogP contribution >= 0.6 is 0 Å². The van der Waals surface area contributed by atoms with Crippen LogP contribution in [0.5, 0.6) is 0 Å². The molecule has 1 aliphatic carbocycles. The van der Waals surface area contributed by atoms with Gasteiger partial charge < -0.3 is 4.90 Å². The van der Waals surface area contributed by atoms with Gasteiger partial charge in [-0.25, -0.2) is 0 Å². The lowest BCUT2D eigenvalue weighted by Crippen LogP contribution is -2.12. The van der Waals surface area contributed by atoms with E-state index in [0.717, 1.165) is 0 Å². The quantitative estimate of drug-likeness (QED) is 0.200. The summed E-state index contributed by atoms with van der Waals surface area (Å²) in [5, 5.41) is 5.12. The van der Waals surface area contributed by atoms with E-state index in [1.54, 1.807) is 0 Å². The van der Waals surface area contributed by atoms with Crippen molar-refractivity contribution in [1.29, 1.82) is 0 Å². The lowest BCUT2D eigenvalue weighted by molar-refractivity contribution is 1.19. The van der Waals surface area contributed by atoms with E-state index < -0.39 is 0 Å². The Morgan fingerprint density at radius 1 is 0.333 bits per heavy atom. The molecule has 0 atom stereocenters. The first kappa shape index (κ1) is 27.4. The summed E-state index contributed by atoms with van der Waals surface area (Å²) in [7, 11) is 0. The molecule has 8 rings (SSSR count). The van der Waals surface area contributed by atoms with Crippen LogP contribution in [0.4, 0.5) is 17.1 Å². The minimum absolute atomic E-state index is 1.18. The first-order valence-corrected chi connectivity index (χ1v) is 15.9. The molecule has 0 N–H and O–H groups in total. The Kier molecular flexibility index (Phi) is 6.22. The van der Waals surface area contributed by atoms with Crippen molar-refractivity contribution in [2.45, 2.75) is 41.5 Å². The lowest BCUT2D eigenvalue weighted by Gasteiger charge is -2.29. The van der Waals surface area contributed by atoms with Gasteiger partial charge in [0.2, 0.25) is 0 Å². The van der Waals surface area contributed by atoms with Gasteiger partial charge in [-0.2, -0.15) is 0 Å². The molecule has 0 aromatic heterocycles. The zero-order valence-electron chi connectivity index (χ0n) is 26.9. The van der Waals surface area contributed by atoms with Crippen LogP contribution in [-0.4, -0.2) is 0 Å². The predicted molar refractivity (Wildman–Crippen MR) is 194 cm³/mol. The number of hydrogen-bond donors (Lipinski definition) is 0. The minimum Gasteiger partial charge on any atom is -0.310 e. The summed E-state index contributed by atoms with van der Waals surface area (Å²) < 4.78 is 0. The van der Waals surface area contributed by atoms with Crippen molar-refractivity contribution in [2.75, 3.05) is 4.90 Å². The van der Waals surface area contributed by atoms with Crippen molar-refractivity contribution >= 4 is 38.6 Å². The number of hydrogen-bond acceptors (Lipinski definition) is 1. The van der Waals surface area contributed by atoms with Crippen LogP contribution < -0.4 is 4.90 Å². The molecule has 1 aliphatic rings. The highest BCUT2D eigenvalue weighted by molar-refractivity contribution is 6.12. The molecule has 218 valence electrons. The fraction of sp³-hybridized carbons (Fsp3) is 0.136. The number of benzene rings is 7. The van der Waals surface area contributed by atoms with Gasteiger partial charge in [0.15, 0.2) is 0 Å². The van der Waals surface area contributed by atoms with Gasteiger partial charge >= 0.3 is 0 Å². The first-order chi connectivity index (χ1) is 21.7. The van der Waals surface area contributed by atoms with Crippen LogP contribution in [0.15, 0.2) is 115 Å². The number of anilines is 3. The second-order valence-electron chi connectivity index (χ2n) is 13.0. The van der Waals surface area contributed by atoms with Crippen LogP contribution in [0.2, 0.25) is 0 Å². The molecule has 0 radical (unpaired) electrons. The van der Waals surface area contributed by atoms with Gasteiger partial charge in [0, 0.05) is 17.1 Å². The zero-order chi connectivity index (χ0) is 31.0. The molecule has 0 unspecified atom stereocenters. The van der Waals surface area contributed by atoms with Crippen LogP contribution in [0.25, 0.3) is 54.9 Å². The van der Waals surface area contributed by atoms with Gasteiger partial charge in [0.1, 0.15) is 0 Å². The van der Waals surface area contributed by atoms with Gasteiger partial charge in [-0.05, 0) is 197 Å². The van der Waals surface area contributed by atoms with Gasteiger partial charge in [0.25, 0.3) is 0 Å². The molecule has 0 saturated carbocycles. The molecular weight excluding hydrogens is 542 g/mol. The summed E-state index contributed by atoms with van der Waals surface area (Å²) in [4.78, 5) is 2.43. The molecule has 7 aromatic carbocycles. The lowest BCUT2D eigenvalue weighted by atomic mass is 9.77. The Labute approximate surface area is 266 Å². The van der Waals surface area contributed by atoms with E-state index in [2.05, 4.69) is 162 Å². The van der Waals surface area contributed by atoms with Gasteiger partial charge in [0.05, 0.1) is 0 Å². The fourth-order valence-electron chi connectivity index (χ4n) is 7.09. The third kappa shape index (κ3) is 4.46. The normalized spacial score (nSPS) is 11.8. The minimum atomic E-state index is 1.18. The van der Waals surface area contributed by atoms with Crippen LogP contribution in [0, 0.1) is 41.5 Å². The highest BCUT2D eigenvalue weighted by atomic mass is 15.1. The first-order valence-electron chi connectivity index (χ1n) is 15.9. The third-order valence-corrected chi connectivity index (χ3v) is 10.2. The van der Waals surface area contributed by atoms with E-state index in [9.17, 15) is 0 Å². The maximum atomic E-state index is 2.43. The summed E-state index contributed by atoms with van der Waals surface area (Å²) in [6.07, 6.45) is 0. The number of fused-ring (bicyclic) bond motifs is 6. The number of aryl methyl sites for hydroxylation is 4. The predicted octanol–water partition coefficient (Wildman–Crippen LogP) is 12.6. The highest BCUT2D eigenvalue weighted by Gasteiger charge is 2.24. The van der Waals surface area contributed by atoms with Crippen LogP contribution in [-0.2, 0) is 0 Å². The van der Waals surface area contributed by atoms with Crippen LogP contribution in [0.1, 0.15) is 33.4 Å². The Morgan fingerprint density at radius 3 is 1.29 bits per heavy atom. The fourth-order valence-corrected chi connectivity index (χ4v) is 7.09. The smallest absolute Gasteiger partial charge is 0.0468 e. The summed E-state index contributed by atoms with van der Waals surface area (Å²) in [6, 6.07) is 43.3. The number of nitrogens with zero attached hydrogens (tertiary/aromatic N) is 1. The molecule has 0 amide bonds. The molecule has 0 saturated heterocycles. The van der Waals surface area contributed by atoms with Crippen molar-refractivity contribution in [1.82, 2.24) is 0 Å².